The summed E-state index contributed by atoms with van der Waals surface area (Å²) in [6, 6.07) is 0. The lowest BCUT2D eigenvalue weighted by Gasteiger charge is -2.42. The van der Waals surface area contributed by atoms with Crippen LogP contribution in [0, 0.1) is 5.92 Å². The first-order valence-electron chi connectivity index (χ1n) is 8.33. The molecule has 0 aliphatic carbocycles. The van der Waals surface area contributed by atoms with E-state index in [0.29, 0.717) is 30.9 Å². The molecule has 0 saturated carbocycles. The van der Waals surface area contributed by atoms with E-state index in [1.54, 1.807) is 12.0 Å². The van der Waals surface area contributed by atoms with Gasteiger partial charge in [0.25, 0.3) is 0 Å². The Morgan fingerprint density at radius 3 is 2.48 bits per heavy atom. The van der Waals surface area contributed by atoms with Crippen molar-refractivity contribution in [3.05, 3.63) is 0 Å². The van der Waals surface area contributed by atoms with Gasteiger partial charge in [0.15, 0.2) is 0 Å². The summed E-state index contributed by atoms with van der Waals surface area (Å²) < 4.78 is 17.2. The molecule has 5 nitrogen and oxygen atoms in total. The zero-order chi connectivity index (χ0) is 17.7. The fraction of sp³-hybridized carbons (Fsp3) is 0.941. The van der Waals surface area contributed by atoms with Crippen LogP contribution in [0.4, 0.5) is 4.79 Å². The number of rotatable bonds is 6. The lowest BCUT2D eigenvalue weighted by atomic mass is 9.94. The third-order valence-electron chi connectivity index (χ3n) is 4.03. The van der Waals surface area contributed by atoms with Crippen molar-refractivity contribution in [3.63, 3.8) is 0 Å². The van der Waals surface area contributed by atoms with Crippen molar-refractivity contribution in [2.45, 2.75) is 64.8 Å². The molecule has 6 heteroatoms. The van der Waals surface area contributed by atoms with Crippen LogP contribution in [0.25, 0.3) is 0 Å². The maximum Gasteiger partial charge on any atom is 0.410 e. The molecule has 1 saturated heterocycles. The van der Waals surface area contributed by atoms with Gasteiger partial charge in [-0.15, -0.1) is 0 Å². The van der Waals surface area contributed by atoms with Gasteiger partial charge in [0.1, 0.15) is 5.60 Å². The molecule has 2 unspecified atom stereocenters. The Hall–Kier alpha value is -0.330. The summed E-state index contributed by atoms with van der Waals surface area (Å²) in [5.41, 5.74) is -0.855. The zero-order valence-corrected chi connectivity index (χ0v) is 16.9. The SMILES string of the molecule is COC(COC1(CBr)CCCN(C(=O)OC(C)(C)C)C1)C(C)C. The predicted octanol–water partition coefficient (Wildman–Crippen LogP) is 3.84. The van der Waals surface area contributed by atoms with Crippen LogP contribution in [0.1, 0.15) is 47.5 Å². The van der Waals surface area contributed by atoms with Crippen LogP contribution >= 0.6 is 15.9 Å². The minimum Gasteiger partial charge on any atom is -0.444 e. The molecule has 0 aromatic carbocycles. The number of likely N-dealkylation sites (tertiary alicyclic amines) is 1. The molecule has 23 heavy (non-hydrogen) atoms. The molecule has 0 bridgehead atoms. The van der Waals surface area contributed by atoms with Gasteiger partial charge in [-0.25, -0.2) is 4.79 Å². The summed E-state index contributed by atoms with van der Waals surface area (Å²) in [5, 5.41) is 0.688. The van der Waals surface area contributed by atoms with E-state index >= 15 is 0 Å². The summed E-state index contributed by atoms with van der Waals surface area (Å²) in [6.45, 7) is 11.7. The van der Waals surface area contributed by atoms with E-state index < -0.39 is 5.60 Å². The second kappa shape index (κ2) is 8.67. The number of methoxy groups -OCH3 is 1. The first kappa shape index (κ1) is 20.7. The molecular weight excluding hydrogens is 362 g/mol. The van der Waals surface area contributed by atoms with Gasteiger partial charge in [-0.05, 0) is 39.5 Å². The van der Waals surface area contributed by atoms with Gasteiger partial charge in [0.05, 0.1) is 24.9 Å². The monoisotopic (exact) mass is 393 g/mol. The van der Waals surface area contributed by atoms with E-state index in [0.717, 1.165) is 12.8 Å². The normalized spacial score (nSPS) is 23.9. The highest BCUT2D eigenvalue weighted by Crippen LogP contribution is 2.29. The predicted molar refractivity (Wildman–Crippen MR) is 95.2 cm³/mol. The van der Waals surface area contributed by atoms with Gasteiger partial charge in [-0.3, -0.25) is 0 Å². The third kappa shape index (κ3) is 6.59. The zero-order valence-electron chi connectivity index (χ0n) is 15.4. The van der Waals surface area contributed by atoms with Crippen molar-refractivity contribution in [1.29, 1.82) is 0 Å². The van der Waals surface area contributed by atoms with Crippen molar-refractivity contribution < 1.29 is 19.0 Å². The minimum atomic E-state index is -0.481. The fourth-order valence-corrected chi connectivity index (χ4v) is 3.26. The summed E-state index contributed by atoms with van der Waals surface area (Å²) >= 11 is 3.57. The van der Waals surface area contributed by atoms with Gasteiger partial charge in [-0.2, -0.15) is 0 Å². The van der Waals surface area contributed by atoms with Crippen molar-refractivity contribution in [3.8, 4) is 0 Å². The Balaban J connectivity index is 2.69. The number of carbonyl (C=O) groups is 1. The Morgan fingerprint density at radius 2 is 2.00 bits per heavy atom. The molecule has 1 heterocycles. The van der Waals surface area contributed by atoms with Crippen LogP contribution in [0.3, 0.4) is 0 Å². The standard InChI is InChI=1S/C17H32BrNO4/c1-13(2)14(21-6)10-22-17(11-18)8-7-9-19(12-17)15(20)23-16(3,4)5/h13-14H,7-12H2,1-6H3. The highest BCUT2D eigenvalue weighted by atomic mass is 79.9. The van der Waals surface area contributed by atoms with E-state index in [4.69, 9.17) is 14.2 Å². The number of piperidine rings is 1. The Labute approximate surface area is 149 Å². The quantitative estimate of drug-likeness (QED) is 0.643. The van der Waals surface area contributed by atoms with Gasteiger partial charge in [0, 0.05) is 19.0 Å². The van der Waals surface area contributed by atoms with E-state index in [9.17, 15) is 4.79 Å². The molecule has 0 radical (unpaired) electrons. The van der Waals surface area contributed by atoms with Crippen LogP contribution in [0.2, 0.25) is 0 Å². The van der Waals surface area contributed by atoms with Crippen LogP contribution in [0.5, 0.6) is 0 Å². The Morgan fingerprint density at radius 1 is 1.35 bits per heavy atom. The molecule has 1 rings (SSSR count). The Kier molecular flexibility index (Phi) is 7.81. The number of carbonyl (C=O) groups excluding carboxylic acids is 1. The van der Waals surface area contributed by atoms with Gasteiger partial charge in [0.2, 0.25) is 0 Å². The topological polar surface area (TPSA) is 48.0 Å². The second-order valence-electron chi connectivity index (χ2n) is 7.65. The molecule has 1 fully saturated rings. The third-order valence-corrected chi connectivity index (χ3v) is 5.06. The second-order valence-corrected chi connectivity index (χ2v) is 8.21. The molecule has 136 valence electrons. The summed E-state index contributed by atoms with van der Waals surface area (Å²) in [5.74, 6) is 0.387. The number of hydrogen-bond acceptors (Lipinski definition) is 4. The average Bonchev–Trinajstić information content (AvgIpc) is 2.46. The molecule has 1 aliphatic rings. The smallest absolute Gasteiger partial charge is 0.410 e. The number of hydrogen-bond donors (Lipinski definition) is 0. The highest BCUT2D eigenvalue weighted by molar-refractivity contribution is 9.09. The van der Waals surface area contributed by atoms with Crippen LogP contribution in [-0.2, 0) is 14.2 Å². The van der Waals surface area contributed by atoms with Crippen LogP contribution < -0.4 is 0 Å². The van der Waals surface area contributed by atoms with Gasteiger partial charge < -0.3 is 19.1 Å². The number of halogens is 1. The van der Waals surface area contributed by atoms with E-state index in [1.807, 2.05) is 20.8 Å². The molecule has 1 amide bonds. The number of ether oxygens (including phenoxy) is 3. The molecular formula is C17H32BrNO4. The van der Waals surface area contributed by atoms with Crippen LogP contribution in [-0.4, -0.2) is 60.4 Å². The average molecular weight is 394 g/mol. The minimum absolute atomic E-state index is 0.0582. The van der Waals surface area contributed by atoms with Crippen LogP contribution in [0.15, 0.2) is 0 Å². The van der Waals surface area contributed by atoms with E-state index in [2.05, 4.69) is 29.8 Å². The number of alkyl halides is 1. The molecule has 1 aliphatic heterocycles. The largest absolute Gasteiger partial charge is 0.444 e. The molecule has 0 aromatic heterocycles. The van der Waals surface area contributed by atoms with Crippen molar-refractivity contribution in [2.75, 3.05) is 32.1 Å². The van der Waals surface area contributed by atoms with Crippen molar-refractivity contribution >= 4 is 22.0 Å². The molecule has 0 N–H and O–H groups in total. The van der Waals surface area contributed by atoms with E-state index in [-0.39, 0.29) is 17.8 Å². The maximum absolute atomic E-state index is 12.3. The van der Waals surface area contributed by atoms with Gasteiger partial charge >= 0.3 is 6.09 Å². The summed E-state index contributed by atoms with van der Waals surface area (Å²) in [4.78, 5) is 14.1. The first-order valence-corrected chi connectivity index (χ1v) is 9.45. The first-order chi connectivity index (χ1) is 10.6. The van der Waals surface area contributed by atoms with Crippen molar-refractivity contribution in [1.82, 2.24) is 4.90 Å². The Bertz CT molecular complexity index is 383. The van der Waals surface area contributed by atoms with E-state index in [1.165, 1.54) is 0 Å². The number of nitrogens with zero attached hydrogens (tertiary/aromatic N) is 1. The highest BCUT2D eigenvalue weighted by Gasteiger charge is 2.39. The lowest BCUT2D eigenvalue weighted by Crippen LogP contribution is -2.54. The lowest BCUT2D eigenvalue weighted by molar-refractivity contribution is -0.113. The molecule has 0 spiro atoms. The summed E-state index contributed by atoms with van der Waals surface area (Å²) in [6.07, 6.45) is 1.62. The summed E-state index contributed by atoms with van der Waals surface area (Å²) in [7, 11) is 1.71. The van der Waals surface area contributed by atoms with Crippen molar-refractivity contribution in [2.24, 2.45) is 5.92 Å². The molecule has 2 atom stereocenters. The maximum atomic E-state index is 12.3. The number of amides is 1. The molecule has 0 aromatic rings. The van der Waals surface area contributed by atoms with Gasteiger partial charge in [-0.1, -0.05) is 29.8 Å². The fourth-order valence-electron chi connectivity index (χ4n) is 2.64.